The summed E-state index contributed by atoms with van der Waals surface area (Å²) >= 11 is 0. The van der Waals surface area contributed by atoms with E-state index in [2.05, 4.69) is 15.2 Å². The number of nitrogens with one attached hydrogen (secondary N) is 2. The van der Waals surface area contributed by atoms with Gasteiger partial charge >= 0.3 is 5.97 Å². The predicted octanol–water partition coefficient (Wildman–Crippen LogP) is 3.68. The molecule has 2 heterocycles. The molecule has 35 heavy (non-hydrogen) atoms. The number of rotatable bonds is 7. The van der Waals surface area contributed by atoms with Gasteiger partial charge in [0.2, 0.25) is 15.8 Å². The third-order valence-electron chi connectivity index (χ3n) is 4.96. The van der Waals surface area contributed by atoms with Crippen LogP contribution in [0.2, 0.25) is 0 Å². The second kappa shape index (κ2) is 9.22. The minimum absolute atomic E-state index is 0.202. The van der Waals surface area contributed by atoms with E-state index in [9.17, 15) is 26.8 Å². The number of ether oxygens (including phenoxy) is 1. The van der Waals surface area contributed by atoms with Crippen LogP contribution in [-0.2, 0) is 14.8 Å². The summed E-state index contributed by atoms with van der Waals surface area (Å²) in [5.74, 6) is -3.96. The first kappa shape index (κ1) is 24.0. The molecule has 2 aromatic carbocycles. The molecule has 2 N–H and O–H groups in total. The van der Waals surface area contributed by atoms with E-state index in [4.69, 9.17) is 4.74 Å². The maximum atomic E-state index is 14.9. The fourth-order valence-electron chi connectivity index (χ4n) is 3.41. The Morgan fingerprint density at radius 1 is 1.11 bits per heavy atom. The zero-order chi connectivity index (χ0) is 25.3. The Balaban J connectivity index is 1.77. The number of sulfonamides is 1. The summed E-state index contributed by atoms with van der Waals surface area (Å²) < 4.78 is 58.7. The molecular weight excluding hydrogens is 482 g/mol. The van der Waals surface area contributed by atoms with Gasteiger partial charge in [-0.25, -0.2) is 27.0 Å². The van der Waals surface area contributed by atoms with Crippen molar-refractivity contribution in [1.82, 2.24) is 15.2 Å². The van der Waals surface area contributed by atoms with Crippen LogP contribution in [0.3, 0.4) is 0 Å². The fourth-order valence-corrected chi connectivity index (χ4v) is 3.97. The summed E-state index contributed by atoms with van der Waals surface area (Å²) in [4.78, 5) is 29.4. The highest BCUT2D eigenvalue weighted by Crippen LogP contribution is 2.29. The van der Waals surface area contributed by atoms with Crippen molar-refractivity contribution in [2.75, 3.05) is 17.6 Å². The van der Waals surface area contributed by atoms with Gasteiger partial charge in [0.1, 0.15) is 17.2 Å². The number of carbonyl (C=O) groups is 2. The molecule has 2 aromatic heterocycles. The Morgan fingerprint density at radius 3 is 2.60 bits per heavy atom. The second-order valence-electron chi connectivity index (χ2n) is 7.48. The molecule has 180 valence electrons. The van der Waals surface area contributed by atoms with Gasteiger partial charge in [0, 0.05) is 11.8 Å². The highest BCUT2D eigenvalue weighted by molar-refractivity contribution is 7.92. The summed E-state index contributed by atoms with van der Waals surface area (Å²) in [5.41, 5.74) is -0.0432. The predicted molar refractivity (Wildman–Crippen MR) is 124 cm³/mol. The van der Waals surface area contributed by atoms with Crippen LogP contribution < -0.4 is 4.72 Å². The number of hydrogen-bond acceptors (Lipinski definition) is 7. The number of ketones is 1. The lowest BCUT2D eigenvalue weighted by Gasteiger charge is -2.09. The Kier molecular flexibility index (Phi) is 6.31. The minimum Gasteiger partial charge on any atom is -0.462 e. The number of aromatic nitrogens is 3. The lowest BCUT2D eigenvalue weighted by atomic mass is 10.0. The highest BCUT2D eigenvalue weighted by atomic mass is 32.2. The second-order valence-corrected chi connectivity index (χ2v) is 9.23. The van der Waals surface area contributed by atoms with Crippen LogP contribution in [0.15, 0.2) is 48.7 Å². The van der Waals surface area contributed by atoms with Crippen molar-refractivity contribution in [3.63, 3.8) is 0 Å². The van der Waals surface area contributed by atoms with Crippen LogP contribution in [0, 0.1) is 11.6 Å². The molecule has 0 atom stereocenters. The Labute approximate surface area is 198 Å². The van der Waals surface area contributed by atoms with Crippen LogP contribution in [0.5, 0.6) is 0 Å². The van der Waals surface area contributed by atoms with Crippen molar-refractivity contribution < 1.29 is 31.5 Å². The first-order chi connectivity index (χ1) is 16.6. The van der Waals surface area contributed by atoms with Gasteiger partial charge in [0.15, 0.2) is 11.5 Å². The Hall–Kier alpha value is -4.19. The number of anilines is 1. The van der Waals surface area contributed by atoms with Crippen molar-refractivity contribution >= 4 is 38.5 Å². The third kappa shape index (κ3) is 4.87. The number of benzene rings is 2. The van der Waals surface area contributed by atoms with E-state index < -0.39 is 44.7 Å². The summed E-state index contributed by atoms with van der Waals surface area (Å²) in [7, 11) is -4.01. The summed E-state index contributed by atoms with van der Waals surface area (Å²) in [6.45, 7) is 1.92. The molecule has 0 radical (unpaired) electrons. The number of carbonyl (C=O) groups excluding carboxylic acids is 2. The Morgan fingerprint density at radius 2 is 1.89 bits per heavy atom. The number of aromatic amines is 1. The van der Waals surface area contributed by atoms with Crippen molar-refractivity contribution in [1.29, 1.82) is 0 Å². The van der Waals surface area contributed by atoms with Crippen LogP contribution in [0.4, 0.5) is 14.5 Å². The molecule has 9 nitrogen and oxygen atoms in total. The molecule has 0 aliphatic heterocycles. The number of nitrogens with zero attached hydrogens (tertiary/aromatic N) is 2. The lowest BCUT2D eigenvalue weighted by Crippen LogP contribution is -2.15. The maximum Gasteiger partial charge on any atom is 0.338 e. The molecule has 0 saturated heterocycles. The van der Waals surface area contributed by atoms with Crippen molar-refractivity contribution in [3.8, 4) is 11.1 Å². The van der Waals surface area contributed by atoms with E-state index in [1.807, 2.05) is 0 Å². The standard InChI is InChI=1S/C23H18F2N4O5S/c1-3-34-23(31)13-6-4-5-12(9-13)14-10-16-19(27-28-22(16)26-11-14)21(30)15-7-8-17(24)20(18(15)25)29-35(2,32)33/h4-11,29H,3H2,1-2H3,(H,26,27,28). The van der Waals surface area contributed by atoms with Crippen LogP contribution in [0.1, 0.15) is 33.3 Å². The molecule has 4 aromatic rings. The zero-order valence-corrected chi connectivity index (χ0v) is 19.2. The fraction of sp³-hybridized carbons (Fsp3) is 0.130. The molecule has 12 heteroatoms. The number of H-pyrrole nitrogens is 1. The van der Waals surface area contributed by atoms with Gasteiger partial charge in [-0.2, -0.15) is 5.10 Å². The molecule has 0 bridgehead atoms. The number of esters is 1. The molecule has 4 rings (SSSR count). The van der Waals surface area contributed by atoms with Gasteiger partial charge in [-0.1, -0.05) is 12.1 Å². The largest absolute Gasteiger partial charge is 0.462 e. The van der Waals surface area contributed by atoms with Crippen molar-refractivity contribution in [3.05, 3.63) is 77.1 Å². The van der Waals surface area contributed by atoms with Crippen LogP contribution in [-0.4, -0.2) is 48.2 Å². The summed E-state index contributed by atoms with van der Waals surface area (Å²) in [5, 5.41) is 6.76. The number of hydrogen-bond donors (Lipinski definition) is 2. The monoisotopic (exact) mass is 500 g/mol. The van der Waals surface area contributed by atoms with Gasteiger partial charge in [-0.05, 0) is 42.8 Å². The van der Waals surface area contributed by atoms with Gasteiger partial charge in [-0.3, -0.25) is 14.6 Å². The first-order valence-electron chi connectivity index (χ1n) is 10.2. The third-order valence-corrected chi connectivity index (χ3v) is 5.54. The Bertz CT molecular complexity index is 1580. The minimum atomic E-state index is -4.01. The van der Waals surface area contributed by atoms with E-state index in [-0.39, 0.29) is 23.3 Å². The normalized spacial score (nSPS) is 11.4. The van der Waals surface area contributed by atoms with E-state index in [1.54, 1.807) is 42.0 Å². The van der Waals surface area contributed by atoms with E-state index >= 15 is 0 Å². The van der Waals surface area contributed by atoms with Crippen molar-refractivity contribution in [2.45, 2.75) is 6.92 Å². The summed E-state index contributed by atoms with van der Waals surface area (Å²) in [6, 6.07) is 9.86. The van der Waals surface area contributed by atoms with E-state index in [1.165, 1.54) is 6.20 Å². The maximum absolute atomic E-state index is 14.9. The highest BCUT2D eigenvalue weighted by Gasteiger charge is 2.25. The molecule has 0 spiro atoms. The van der Waals surface area contributed by atoms with E-state index in [0.29, 0.717) is 16.7 Å². The number of pyridine rings is 1. The SMILES string of the molecule is CCOC(=O)c1cccc(-c2cnc3[nH]nc(C(=O)c4ccc(F)c(NS(C)(=O)=O)c4F)c3c2)c1. The average Bonchev–Trinajstić information content (AvgIpc) is 3.24. The number of halogens is 2. The smallest absolute Gasteiger partial charge is 0.338 e. The van der Waals surface area contributed by atoms with Gasteiger partial charge in [0.25, 0.3) is 0 Å². The topological polar surface area (TPSA) is 131 Å². The summed E-state index contributed by atoms with van der Waals surface area (Å²) in [6.07, 6.45) is 2.23. The van der Waals surface area contributed by atoms with Crippen molar-refractivity contribution in [2.24, 2.45) is 0 Å². The molecule has 0 aliphatic carbocycles. The average molecular weight is 500 g/mol. The molecule has 0 aliphatic rings. The molecule has 0 saturated carbocycles. The quantitative estimate of drug-likeness (QED) is 0.292. The molecule has 0 fully saturated rings. The number of fused-ring (bicyclic) bond motifs is 1. The lowest BCUT2D eigenvalue weighted by molar-refractivity contribution is 0.0526. The van der Waals surface area contributed by atoms with Crippen LogP contribution >= 0.6 is 0 Å². The molecular formula is C23H18F2N4O5S. The van der Waals surface area contributed by atoms with Crippen LogP contribution in [0.25, 0.3) is 22.2 Å². The zero-order valence-electron chi connectivity index (χ0n) is 18.4. The molecule has 0 unspecified atom stereocenters. The molecule has 0 amide bonds. The van der Waals surface area contributed by atoms with Gasteiger partial charge in [-0.15, -0.1) is 0 Å². The van der Waals surface area contributed by atoms with Gasteiger partial charge in [0.05, 0.1) is 29.4 Å². The van der Waals surface area contributed by atoms with Gasteiger partial charge < -0.3 is 4.74 Å². The van der Waals surface area contributed by atoms with E-state index in [0.717, 1.165) is 18.4 Å². The first-order valence-corrected chi connectivity index (χ1v) is 12.1.